The molecule has 2 saturated heterocycles. The van der Waals surface area contributed by atoms with Crippen molar-refractivity contribution in [2.45, 2.75) is 24.9 Å². The zero-order valence-corrected chi connectivity index (χ0v) is 25.2. The van der Waals surface area contributed by atoms with Crippen LogP contribution in [0.15, 0.2) is 97.1 Å². The van der Waals surface area contributed by atoms with Crippen molar-refractivity contribution < 1.29 is 14.3 Å². The lowest BCUT2D eigenvalue weighted by molar-refractivity contribution is 0.0942. The third-order valence-electron chi connectivity index (χ3n) is 9.26. The fraction of sp³-hybridized carbons (Fsp3) is 0.270. The van der Waals surface area contributed by atoms with E-state index < -0.39 is 11.9 Å². The van der Waals surface area contributed by atoms with Crippen molar-refractivity contribution in [1.29, 1.82) is 0 Å². The maximum atomic E-state index is 14.3. The number of phenolic OH excluding ortho intramolecular Hbond substituents is 1. The number of hydrogen-bond donors (Lipinski definition) is 4. The van der Waals surface area contributed by atoms with E-state index in [4.69, 9.17) is 0 Å². The van der Waals surface area contributed by atoms with Crippen LogP contribution in [0.2, 0.25) is 0 Å². The number of rotatable bonds is 7. The molecule has 7 nitrogen and oxygen atoms in total. The van der Waals surface area contributed by atoms with E-state index in [0.29, 0.717) is 17.3 Å². The van der Waals surface area contributed by atoms with E-state index in [0.717, 1.165) is 61.3 Å². The number of carbonyl (C=O) groups excluding carboxylic acids is 1. The van der Waals surface area contributed by atoms with E-state index in [9.17, 15) is 14.3 Å². The Labute approximate surface area is 262 Å². The van der Waals surface area contributed by atoms with Gasteiger partial charge in [0.2, 0.25) is 0 Å². The van der Waals surface area contributed by atoms with Gasteiger partial charge in [-0.2, -0.15) is 0 Å². The van der Waals surface area contributed by atoms with Gasteiger partial charge < -0.3 is 25.6 Å². The van der Waals surface area contributed by atoms with E-state index in [1.54, 1.807) is 6.07 Å². The molecule has 1 unspecified atom stereocenters. The number of H-pyrrole nitrogens is 1. The summed E-state index contributed by atoms with van der Waals surface area (Å²) in [4.78, 5) is 22.1. The van der Waals surface area contributed by atoms with Crippen molar-refractivity contribution in [2.24, 2.45) is 0 Å². The molecule has 0 spiro atoms. The summed E-state index contributed by atoms with van der Waals surface area (Å²) in [6, 6.07) is 29.4. The SMILES string of the molecule is O=C(NC(c1cc2ccccc2[nH]1)c1cc(F)ccc1O)c1cccc(-c2ccc(N3CCC(N4CCNCC4)CC3)cc2)c1. The summed E-state index contributed by atoms with van der Waals surface area (Å²) >= 11 is 0. The minimum Gasteiger partial charge on any atom is -0.508 e. The Morgan fingerprint density at radius 1 is 0.844 bits per heavy atom. The molecule has 0 bridgehead atoms. The number of benzene rings is 4. The Hall–Kier alpha value is -4.66. The largest absolute Gasteiger partial charge is 0.508 e. The number of piperidine rings is 1. The van der Waals surface area contributed by atoms with Crippen LogP contribution >= 0.6 is 0 Å². The molecule has 2 aliphatic rings. The molecule has 1 atom stereocenters. The molecule has 7 rings (SSSR count). The fourth-order valence-electron chi connectivity index (χ4n) is 6.79. The van der Waals surface area contributed by atoms with Crippen molar-refractivity contribution >= 4 is 22.5 Å². The van der Waals surface area contributed by atoms with Crippen LogP contribution in [0.3, 0.4) is 0 Å². The Kier molecular flexibility index (Phi) is 8.24. The number of nitrogens with one attached hydrogen (secondary N) is 3. The molecule has 1 aromatic heterocycles. The Balaban J connectivity index is 1.08. The fourth-order valence-corrected chi connectivity index (χ4v) is 6.79. The zero-order chi connectivity index (χ0) is 30.8. The highest BCUT2D eigenvalue weighted by atomic mass is 19.1. The molecule has 2 aliphatic heterocycles. The predicted octanol–water partition coefficient (Wildman–Crippen LogP) is 6.07. The van der Waals surface area contributed by atoms with Gasteiger partial charge in [0.25, 0.3) is 5.91 Å². The van der Waals surface area contributed by atoms with Crippen LogP contribution in [0.4, 0.5) is 10.1 Å². The Bertz CT molecular complexity index is 1760. The molecule has 45 heavy (non-hydrogen) atoms. The molecule has 3 heterocycles. The maximum Gasteiger partial charge on any atom is 0.252 e. The van der Waals surface area contributed by atoms with E-state index in [1.807, 2.05) is 48.5 Å². The summed E-state index contributed by atoms with van der Waals surface area (Å²) in [6.07, 6.45) is 2.37. The number of carbonyl (C=O) groups is 1. The van der Waals surface area contributed by atoms with Crippen LogP contribution in [0.5, 0.6) is 5.75 Å². The standard InChI is InChI=1S/C37H38FN5O2/c38-29-10-13-35(44)32(24-29)36(34-23-27-4-1-2-7-33(27)40-34)41-37(45)28-6-3-5-26(22-28)25-8-11-30(12-9-25)42-18-14-31(15-19-42)43-20-16-39-17-21-43/h1-13,22-24,31,36,39-40,44H,14-21H2,(H,41,45). The number of anilines is 1. The van der Waals surface area contributed by atoms with Crippen molar-refractivity contribution in [3.8, 4) is 16.9 Å². The highest BCUT2D eigenvalue weighted by molar-refractivity contribution is 5.96. The van der Waals surface area contributed by atoms with Crippen molar-refractivity contribution in [2.75, 3.05) is 44.2 Å². The topological polar surface area (TPSA) is 83.6 Å². The number of para-hydroxylation sites is 1. The third kappa shape index (κ3) is 6.30. The maximum absolute atomic E-state index is 14.3. The van der Waals surface area contributed by atoms with Crippen LogP contribution in [0.1, 0.15) is 40.5 Å². The van der Waals surface area contributed by atoms with E-state index >= 15 is 0 Å². The summed E-state index contributed by atoms with van der Waals surface area (Å²) in [5.74, 6) is -0.914. The van der Waals surface area contributed by atoms with Gasteiger partial charge in [0.15, 0.2) is 0 Å². The Morgan fingerprint density at radius 2 is 1.62 bits per heavy atom. The molecule has 8 heteroatoms. The summed E-state index contributed by atoms with van der Waals surface area (Å²) in [7, 11) is 0. The number of hydrogen-bond acceptors (Lipinski definition) is 5. The zero-order valence-electron chi connectivity index (χ0n) is 25.2. The van der Waals surface area contributed by atoms with E-state index in [1.165, 1.54) is 36.7 Å². The Morgan fingerprint density at radius 3 is 2.40 bits per heavy atom. The molecular weight excluding hydrogens is 565 g/mol. The van der Waals surface area contributed by atoms with Gasteiger partial charge in [-0.3, -0.25) is 9.69 Å². The lowest BCUT2D eigenvalue weighted by atomic mass is 9.99. The van der Waals surface area contributed by atoms with Crippen molar-refractivity contribution in [1.82, 2.24) is 20.5 Å². The number of nitrogens with zero attached hydrogens (tertiary/aromatic N) is 2. The molecule has 1 amide bonds. The smallest absolute Gasteiger partial charge is 0.252 e. The number of fused-ring (bicyclic) bond motifs is 1. The van der Waals surface area contributed by atoms with Gasteiger partial charge in [0.1, 0.15) is 11.6 Å². The minimum absolute atomic E-state index is 0.0952. The van der Waals surface area contributed by atoms with Gasteiger partial charge >= 0.3 is 0 Å². The molecule has 0 saturated carbocycles. The van der Waals surface area contributed by atoms with Crippen molar-refractivity contribution in [3.63, 3.8) is 0 Å². The lowest BCUT2D eigenvalue weighted by Crippen LogP contribution is -2.52. The van der Waals surface area contributed by atoms with Crippen LogP contribution in [-0.4, -0.2) is 66.2 Å². The molecule has 4 aromatic carbocycles. The van der Waals surface area contributed by atoms with Gasteiger partial charge in [-0.25, -0.2) is 4.39 Å². The van der Waals surface area contributed by atoms with Crippen LogP contribution in [0.25, 0.3) is 22.0 Å². The highest BCUT2D eigenvalue weighted by Crippen LogP contribution is 2.32. The van der Waals surface area contributed by atoms with Crippen molar-refractivity contribution in [3.05, 3.63) is 120 Å². The summed E-state index contributed by atoms with van der Waals surface area (Å²) in [5, 5.41) is 18.1. The van der Waals surface area contributed by atoms with Gasteiger partial charge in [-0.05, 0) is 84.0 Å². The minimum atomic E-state index is -0.792. The number of halogens is 1. The first-order valence-electron chi connectivity index (χ1n) is 15.8. The third-order valence-corrected chi connectivity index (χ3v) is 9.26. The second kappa shape index (κ2) is 12.8. The van der Waals surface area contributed by atoms with E-state index in [-0.39, 0.29) is 17.2 Å². The van der Waals surface area contributed by atoms with Crippen LogP contribution in [-0.2, 0) is 0 Å². The number of aromatic hydroxyl groups is 1. The van der Waals surface area contributed by atoms with Gasteiger partial charge in [-0.1, -0.05) is 42.5 Å². The lowest BCUT2D eigenvalue weighted by Gasteiger charge is -2.41. The second-order valence-electron chi connectivity index (χ2n) is 12.1. The number of amides is 1. The predicted molar refractivity (Wildman–Crippen MR) is 177 cm³/mol. The monoisotopic (exact) mass is 603 g/mol. The molecule has 5 aromatic rings. The first-order valence-corrected chi connectivity index (χ1v) is 15.8. The average Bonchev–Trinajstić information content (AvgIpc) is 3.53. The van der Waals surface area contributed by atoms with Gasteiger partial charge in [0.05, 0.1) is 6.04 Å². The normalized spacial score (nSPS) is 17.0. The second-order valence-corrected chi connectivity index (χ2v) is 12.1. The molecule has 4 N–H and O–H groups in total. The molecule has 2 fully saturated rings. The number of aromatic amines is 1. The first kappa shape index (κ1) is 29.1. The van der Waals surface area contributed by atoms with Gasteiger partial charge in [-0.15, -0.1) is 0 Å². The number of phenols is 1. The molecular formula is C37H38FN5O2. The molecule has 0 aliphatic carbocycles. The number of aromatic nitrogens is 1. The summed E-state index contributed by atoms with van der Waals surface area (Å²) < 4.78 is 14.3. The highest BCUT2D eigenvalue weighted by Gasteiger charge is 2.26. The summed E-state index contributed by atoms with van der Waals surface area (Å²) in [5.41, 5.74) is 5.47. The van der Waals surface area contributed by atoms with Crippen LogP contribution in [0, 0.1) is 5.82 Å². The van der Waals surface area contributed by atoms with Crippen LogP contribution < -0.4 is 15.5 Å². The number of piperazine rings is 1. The average molecular weight is 604 g/mol. The summed E-state index contributed by atoms with van der Waals surface area (Å²) in [6.45, 7) is 6.59. The first-order chi connectivity index (χ1) is 22.0. The molecule has 0 radical (unpaired) electrons. The van der Waals surface area contributed by atoms with E-state index in [2.05, 4.69) is 49.7 Å². The van der Waals surface area contributed by atoms with Gasteiger partial charge in [0, 0.05) is 73.3 Å². The quantitative estimate of drug-likeness (QED) is 0.182. The molecule has 230 valence electrons.